The molecule has 0 atom stereocenters. The van der Waals surface area contributed by atoms with Gasteiger partial charge < -0.3 is 9.73 Å². The largest absolute Gasteiger partial charge is 0.468 e. The summed E-state index contributed by atoms with van der Waals surface area (Å²) in [5.74, 6) is 1.02. The van der Waals surface area contributed by atoms with Gasteiger partial charge in [-0.15, -0.1) is 0 Å². The van der Waals surface area contributed by atoms with E-state index < -0.39 is 0 Å². The van der Waals surface area contributed by atoms with E-state index in [-0.39, 0.29) is 0 Å². The van der Waals surface area contributed by atoms with Gasteiger partial charge >= 0.3 is 0 Å². The predicted octanol–water partition coefficient (Wildman–Crippen LogP) is 3.98. The SMILES string of the molecule is CCN(CCNc1ccccc1Br)Cc1ccco1. The van der Waals surface area contributed by atoms with Crippen LogP contribution in [0.2, 0.25) is 0 Å². The number of hydrogen-bond acceptors (Lipinski definition) is 3. The predicted molar refractivity (Wildman–Crippen MR) is 82.3 cm³/mol. The van der Waals surface area contributed by atoms with Crippen LogP contribution in [-0.4, -0.2) is 24.5 Å². The zero-order chi connectivity index (χ0) is 13.5. The fraction of sp³-hybridized carbons (Fsp3) is 0.333. The summed E-state index contributed by atoms with van der Waals surface area (Å²) in [5.41, 5.74) is 1.14. The standard InChI is InChI=1S/C15H19BrN2O/c1-2-18(12-13-6-5-11-19-13)10-9-17-15-8-4-3-7-14(15)16/h3-8,11,17H,2,9-10,12H2,1H3. The number of likely N-dealkylation sites (N-methyl/N-ethyl adjacent to an activating group) is 1. The molecule has 3 nitrogen and oxygen atoms in total. The average Bonchev–Trinajstić information content (AvgIpc) is 2.92. The minimum atomic E-state index is 0.862. The minimum absolute atomic E-state index is 0.862. The van der Waals surface area contributed by atoms with Gasteiger partial charge in [-0.1, -0.05) is 19.1 Å². The van der Waals surface area contributed by atoms with Crippen molar-refractivity contribution >= 4 is 21.6 Å². The molecule has 0 unspecified atom stereocenters. The molecule has 1 heterocycles. The maximum atomic E-state index is 5.38. The molecule has 2 rings (SSSR count). The number of furan rings is 1. The van der Waals surface area contributed by atoms with Crippen molar-refractivity contribution in [1.82, 2.24) is 4.90 Å². The van der Waals surface area contributed by atoms with Crippen LogP contribution in [0, 0.1) is 0 Å². The molecular formula is C15H19BrN2O. The van der Waals surface area contributed by atoms with Gasteiger partial charge in [0, 0.05) is 23.2 Å². The van der Waals surface area contributed by atoms with Gasteiger partial charge in [-0.2, -0.15) is 0 Å². The molecule has 1 aromatic heterocycles. The molecule has 0 aliphatic carbocycles. The van der Waals surface area contributed by atoms with Crippen LogP contribution in [0.3, 0.4) is 0 Å². The molecule has 0 radical (unpaired) electrons. The van der Waals surface area contributed by atoms with Gasteiger partial charge in [-0.3, -0.25) is 4.90 Å². The number of para-hydroxylation sites is 1. The van der Waals surface area contributed by atoms with Gasteiger partial charge in [-0.05, 0) is 46.7 Å². The quantitative estimate of drug-likeness (QED) is 0.835. The summed E-state index contributed by atoms with van der Waals surface area (Å²) in [6.07, 6.45) is 1.72. The fourth-order valence-electron chi connectivity index (χ4n) is 1.93. The molecule has 4 heteroatoms. The summed E-state index contributed by atoms with van der Waals surface area (Å²) >= 11 is 3.54. The molecular weight excluding hydrogens is 304 g/mol. The molecule has 0 aliphatic heterocycles. The van der Waals surface area contributed by atoms with Crippen molar-refractivity contribution in [3.63, 3.8) is 0 Å². The summed E-state index contributed by atoms with van der Waals surface area (Å²) in [4.78, 5) is 2.35. The molecule has 19 heavy (non-hydrogen) atoms. The number of rotatable bonds is 7. The van der Waals surface area contributed by atoms with Gasteiger partial charge in [0.1, 0.15) is 5.76 Å². The third-order valence-electron chi connectivity index (χ3n) is 3.02. The Morgan fingerprint density at radius 2 is 2.05 bits per heavy atom. The summed E-state index contributed by atoms with van der Waals surface area (Å²) in [7, 11) is 0. The van der Waals surface area contributed by atoms with Crippen molar-refractivity contribution < 1.29 is 4.42 Å². The molecule has 1 aromatic carbocycles. The zero-order valence-corrected chi connectivity index (χ0v) is 12.7. The third kappa shape index (κ3) is 4.40. The Balaban J connectivity index is 1.79. The topological polar surface area (TPSA) is 28.4 Å². The Kier molecular flexibility index (Phi) is 5.48. The lowest BCUT2D eigenvalue weighted by atomic mass is 10.3. The highest BCUT2D eigenvalue weighted by atomic mass is 79.9. The van der Waals surface area contributed by atoms with E-state index >= 15 is 0 Å². The van der Waals surface area contributed by atoms with Gasteiger partial charge in [0.05, 0.1) is 12.8 Å². The lowest BCUT2D eigenvalue weighted by Gasteiger charge is -2.19. The lowest BCUT2D eigenvalue weighted by Crippen LogP contribution is -2.28. The molecule has 0 amide bonds. The summed E-state index contributed by atoms with van der Waals surface area (Å²) < 4.78 is 6.48. The second-order valence-electron chi connectivity index (χ2n) is 4.35. The fourth-order valence-corrected chi connectivity index (χ4v) is 2.35. The first-order valence-corrected chi connectivity index (χ1v) is 7.32. The Bertz CT molecular complexity index is 485. The second kappa shape index (κ2) is 7.36. The van der Waals surface area contributed by atoms with E-state index in [1.165, 1.54) is 0 Å². The van der Waals surface area contributed by atoms with E-state index in [1.54, 1.807) is 6.26 Å². The molecule has 0 fully saturated rings. The minimum Gasteiger partial charge on any atom is -0.468 e. The lowest BCUT2D eigenvalue weighted by molar-refractivity contribution is 0.265. The number of nitrogens with one attached hydrogen (secondary N) is 1. The molecule has 2 aromatic rings. The van der Waals surface area contributed by atoms with Crippen molar-refractivity contribution in [2.24, 2.45) is 0 Å². The first kappa shape index (κ1) is 14.2. The Morgan fingerprint density at radius 3 is 2.74 bits per heavy atom. The van der Waals surface area contributed by atoms with Crippen LogP contribution in [0.4, 0.5) is 5.69 Å². The molecule has 0 spiro atoms. The molecule has 0 aliphatic rings. The van der Waals surface area contributed by atoms with Crippen molar-refractivity contribution in [2.75, 3.05) is 25.0 Å². The molecule has 0 bridgehead atoms. The Morgan fingerprint density at radius 1 is 1.21 bits per heavy atom. The monoisotopic (exact) mass is 322 g/mol. The van der Waals surface area contributed by atoms with Crippen LogP contribution in [-0.2, 0) is 6.54 Å². The number of anilines is 1. The van der Waals surface area contributed by atoms with Gasteiger partial charge in [0.2, 0.25) is 0 Å². The highest BCUT2D eigenvalue weighted by molar-refractivity contribution is 9.10. The van der Waals surface area contributed by atoms with Crippen LogP contribution >= 0.6 is 15.9 Å². The maximum absolute atomic E-state index is 5.38. The summed E-state index contributed by atoms with van der Waals surface area (Å²) in [6, 6.07) is 12.1. The normalized spacial score (nSPS) is 10.9. The van der Waals surface area contributed by atoms with E-state index in [0.717, 1.165) is 42.1 Å². The number of hydrogen-bond donors (Lipinski definition) is 1. The first-order chi connectivity index (χ1) is 9.29. The van der Waals surface area contributed by atoms with Crippen molar-refractivity contribution in [3.8, 4) is 0 Å². The highest BCUT2D eigenvalue weighted by Gasteiger charge is 2.05. The summed E-state index contributed by atoms with van der Waals surface area (Å²) in [5, 5.41) is 3.44. The van der Waals surface area contributed by atoms with E-state index in [9.17, 15) is 0 Å². The van der Waals surface area contributed by atoms with Crippen molar-refractivity contribution in [1.29, 1.82) is 0 Å². The molecule has 0 saturated carbocycles. The maximum Gasteiger partial charge on any atom is 0.117 e. The molecule has 102 valence electrons. The Hall–Kier alpha value is -1.26. The zero-order valence-electron chi connectivity index (χ0n) is 11.1. The van der Waals surface area contributed by atoms with Crippen molar-refractivity contribution in [3.05, 3.63) is 52.9 Å². The van der Waals surface area contributed by atoms with Crippen LogP contribution in [0.25, 0.3) is 0 Å². The van der Waals surface area contributed by atoms with E-state index in [4.69, 9.17) is 4.42 Å². The number of nitrogens with zero attached hydrogens (tertiary/aromatic N) is 1. The summed E-state index contributed by atoms with van der Waals surface area (Å²) in [6.45, 7) is 5.94. The third-order valence-corrected chi connectivity index (χ3v) is 3.72. The van der Waals surface area contributed by atoms with E-state index in [0.29, 0.717) is 0 Å². The van der Waals surface area contributed by atoms with E-state index in [2.05, 4.69) is 39.1 Å². The second-order valence-corrected chi connectivity index (χ2v) is 5.21. The van der Waals surface area contributed by atoms with Crippen LogP contribution in [0.15, 0.2) is 51.6 Å². The van der Waals surface area contributed by atoms with Crippen LogP contribution in [0.1, 0.15) is 12.7 Å². The van der Waals surface area contributed by atoms with Gasteiger partial charge in [0.25, 0.3) is 0 Å². The number of halogens is 1. The van der Waals surface area contributed by atoms with Gasteiger partial charge in [0.15, 0.2) is 0 Å². The van der Waals surface area contributed by atoms with E-state index in [1.807, 2.05) is 30.3 Å². The van der Waals surface area contributed by atoms with Crippen LogP contribution in [0.5, 0.6) is 0 Å². The van der Waals surface area contributed by atoms with Crippen LogP contribution < -0.4 is 5.32 Å². The number of benzene rings is 1. The van der Waals surface area contributed by atoms with Gasteiger partial charge in [-0.25, -0.2) is 0 Å². The average molecular weight is 323 g/mol. The molecule has 1 N–H and O–H groups in total. The Labute approximate surface area is 122 Å². The highest BCUT2D eigenvalue weighted by Crippen LogP contribution is 2.20. The first-order valence-electron chi connectivity index (χ1n) is 6.52. The van der Waals surface area contributed by atoms with Crippen molar-refractivity contribution in [2.45, 2.75) is 13.5 Å². The smallest absolute Gasteiger partial charge is 0.117 e. The molecule has 0 saturated heterocycles.